The van der Waals surface area contributed by atoms with Crippen LogP contribution in [-0.2, 0) is 30.4 Å². The number of fused-ring (bicyclic) bond motifs is 1. The predicted octanol–water partition coefficient (Wildman–Crippen LogP) is 3.01. The molecule has 0 fully saturated rings. The molecule has 0 amide bonds. The van der Waals surface area contributed by atoms with Crippen molar-refractivity contribution in [3.63, 3.8) is 0 Å². The Kier molecular flexibility index (Phi) is 8.01. The second-order valence-corrected chi connectivity index (χ2v) is 11.1. The summed E-state index contributed by atoms with van der Waals surface area (Å²) in [6.07, 6.45) is 3.14. The molecule has 1 aromatic rings. The van der Waals surface area contributed by atoms with Gasteiger partial charge in [-0.3, -0.25) is 13.9 Å². The van der Waals surface area contributed by atoms with Crippen LogP contribution in [0.25, 0.3) is 0 Å². The molecule has 1 atom stereocenters. The predicted molar refractivity (Wildman–Crippen MR) is 115 cm³/mol. The summed E-state index contributed by atoms with van der Waals surface area (Å²) in [5.41, 5.74) is 1.28. The van der Waals surface area contributed by atoms with Crippen LogP contribution in [0.3, 0.4) is 0 Å². The lowest BCUT2D eigenvalue weighted by Crippen LogP contribution is -2.32. The molecule has 3 N–H and O–H groups in total. The summed E-state index contributed by atoms with van der Waals surface area (Å²) in [6, 6.07) is 4.71. The Morgan fingerprint density at radius 3 is 2.29 bits per heavy atom. The van der Waals surface area contributed by atoms with E-state index in [1.54, 1.807) is 12.1 Å². The molecule has 2 rings (SSSR count). The third kappa shape index (κ3) is 6.34. The van der Waals surface area contributed by atoms with Crippen LogP contribution in [0.4, 0.5) is 5.69 Å². The first-order chi connectivity index (χ1) is 14.3. The minimum absolute atomic E-state index is 0.0949. The molecule has 0 saturated carbocycles. The summed E-state index contributed by atoms with van der Waals surface area (Å²) in [6.45, 7) is 4.31. The zero-order chi connectivity index (χ0) is 23.4. The Hall–Kier alpha value is -1.82. The van der Waals surface area contributed by atoms with Crippen LogP contribution in [0.5, 0.6) is 0 Å². The largest absolute Gasteiger partial charge is 0.481 e. The quantitative estimate of drug-likeness (QED) is 0.237. The van der Waals surface area contributed by atoms with Gasteiger partial charge in [0.15, 0.2) is 5.71 Å². The van der Waals surface area contributed by atoms with Crippen molar-refractivity contribution in [3.8, 4) is 0 Å². The zero-order valence-electron chi connectivity index (χ0n) is 17.7. The molecule has 0 aromatic heterocycles. The van der Waals surface area contributed by atoms with E-state index in [4.69, 9.17) is 9.66 Å². The molecular weight excluding hydrogens is 446 g/mol. The van der Waals surface area contributed by atoms with Gasteiger partial charge in [-0.1, -0.05) is 12.5 Å². The van der Waals surface area contributed by atoms with Crippen molar-refractivity contribution < 1.29 is 40.4 Å². The summed E-state index contributed by atoms with van der Waals surface area (Å²) >= 11 is 0. The van der Waals surface area contributed by atoms with E-state index in [1.165, 1.54) is 6.07 Å². The molecule has 1 aliphatic heterocycles. The van der Waals surface area contributed by atoms with Crippen molar-refractivity contribution in [3.05, 3.63) is 23.8 Å². The molecule has 0 saturated heterocycles. The standard InChI is InChI=1S/C20H29NO8S2/c1-15-20(2,12-5-7-14-30(24,25)26)19-16(9-8-10-17(19)31(27,28)29)21(15)13-6-3-4-11-18(22)23/h8-10H,3-7,11-14H2,1-2H3,(H2-,22,23,24,25,26,27,28,29)/p+1. The Labute approximate surface area is 183 Å². The van der Waals surface area contributed by atoms with Crippen molar-refractivity contribution in [2.45, 2.75) is 69.1 Å². The zero-order valence-corrected chi connectivity index (χ0v) is 19.4. The van der Waals surface area contributed by atoms with E-state index < -0.39 is 31.6 Å². The van der Waals surface area contributed by atoms with Gasteiger partial charge in [0.05, 0.1) is 16.7 Å². The first kappa shape index (κ1) is 25.4. The van der Waals surface area contributed by atoms with Crippen LogP contribution in [0.15, 0.2) is 23.1 Å². The molecule has 0 bridgehead atoms. The van der Waals surface area contributed by atoms with Crippen LogP contribution in [0, 0.1) is 0 Å². The number of nitrogens with zero attached hydrogens (tertiary/aromatic N) is 1. The highest BCUT2D eigenvalue weighted by atomic mass is 32.2. The fourth-order valence-corrected chi connectivity index (χ4v) is 5.66. The Morgan fingerprint density at radius 2 is 1.71 bits per heavy atom. The lowest BCUT2D eigenvalue weighted by atomic mass is 9.76. The highest BCUT2D eigenvalue weighted by Crippen LogP contribution is 2.46. The summed E-state index contributed by atoms with van der Waals surface area (Å²) in [5, 5.41) is 8.78. The molecule has 0 aliphatic carbocycles. The molecular formula is C20H30NO8S2+. The van der Waals surface area contributed by atoms with Crippen molar-refractivity contribution >= 4 is 37.6 Å². The molecule has 1 aromatic carbocycles. The topological polar surface area (TPSA) is 149 Å². The van der Waals surface area contributed by atoms with E-state index in [-0.39, 0.29) is 23.5 Å². The van der Waals surface area contributed by atoms with Crippen LogP contribution >= 0.6 is 0 Å². The van der Waals surface area contributed by atoms with Crippen molar-refractivity contribution in [1.82, 2.24) is 0 Å². The number of rotatable bonds is 12. The summed E-state index contributed by atoms with van der Waals surface area (Å²) in [7, 11) is -8.55. The molecule has 1 aliphatic rings. The second kappa shape index (κ2) is 9.76. The van der Waals surface area contributed by atoms with Crippen LogP contribution in [-0.4, -0.2) is 59.6 Å². The summed E-state index contributed by atoms with van der Waals surface area (Å²) in [4.78, 5) is 10.5. The molecule has 174 valence electrons. The molecule has 1 heterocycles. The van der Waals surface area contributed by atoms with Gasteiger partial charge in [0, 0.05) is 25.8 Å². The van der Waals surface area contributed by atoms with Crippen molar-refractivity contribution in [2.75, 3.05) is 12.3 Å². The maximum atomic E-state index is 12.1. The van der Waals surface area contributed by atoms with Gasteiger partial charge in [0.1, 0.15) is 11.4 Å². The van der Waals surface area contributed by atoms with Crippen LogP contribution in [0.2, 0.25) is 0 Å². The maximum absolute atomic E-state index is 12.1. The highest BCUT2D eigenvalue weighted by Gasteiger charge is 2.49. The van der Waals surface area contributed by atoms with Gasteiger partial charge in [0.25, 0.3) is 20.2 Å². The maximum Gasteiger partial charge on any atom is 0.303 e. The Morgan fingerprint density at radius 1 is 1.03 bits per heavy atom. The van der Waals surface area contributed by atoms with Gasteiger partial charge in [-0.15, -0.1) is 0 Å². The average Bonchev–Trinajstić information content (AvgIpc) is 2.85. The Balaban J connectivity index is 2.35. The molecule has 0 radical (unpaired) electrons. The monoisotopic (exact) mass is 476 g/mol. The fraction of sp³-hybridized carbons (Fsp3) is 0.600. The van der Waals surface area contributed by atoms with E-state index in [2.05, 4.69) is 0 Å². The Bertz CT molecular complexity index is 1080. The number of benzene rings is 1. The molecule has 11 heteroatoms. The van der Waals surface area contributed by atoms with Crippen LogP contribution in [0.1, 0.15) is 64.4 Å². The molecule has 9 nitrogen and oxygen atoms in total. The first-order valence-corrected chi connectivity index (χ1v) is 13.2. The average molecular weight is 477 g/mol. The summed E-state index contributed by atoms with van der Waals surface area (Å²) in [5.74, 6) is -1.22. The van der Waals surface area contributed by atoms with Gasteiger partial charge in [0.2, 0.25) is 5.69 Å². The highest BCUT2D eigenvalue weighted by molar-refractivity contribution is 7.86. The number of aliphatic carboxylic acids is 1. The smallest absolute Gasteiger partial charge is 0.303 e. The van der Waals surface area contributed by atoms with E-state index in [1.807, 2.05) is 18.4 Å². The van der Waals surface area contributed by atoms with Crippen LogP contribution < -0.4 is 0 Å². The first-order valence-electron chi connectivity index (χ1n) is 10.2. The van der Waals surface area contributed by atoms with E-state index >= 15 is 0 Å². The van der Waals surface area contributed by atoms with Crippen molar-refractivity contribution in [1.29, 1.82) is 0 Å². The van der Waals surface area contributed by atoms with E-state index in [0.29, 0.717) is 49.9 Å². The lowest BCUT2D eigenvalue weighted by molar-refractivity contribution is -0.439. The second-order valence-electron chi connectivity index (χ2n) is 8.14. The SMILES string of the molecule is CC1=[N+](CCCCCC(=O)O)c2cccc(S(=O)(=O)O)c2C1(C)CCCCS(=O)(=O)O. The molecule has 31 heavy (non-hydrogen) atoms. The fourth-order valence-electron chi connectivity index (χ4n) is 4.25. The number of carboxylic acid groups (broad SMARTS) is 1. The number of carboxylic acids is 1. The van der Waals surface area contributed by atoms with Gasteiger partial charge < -0.3 is 5.11 Å². The van der Waals surface area contributed by atoms with E-state index in [0.717, 1.165) is 5.71 Å². The lowest BCUT2D eigenvalue weighted by Gasteiger charge is -2.23. The van der Waals surface area contributed by atoms with E-state index in [9.17, 15) is 26.2 Å². The minimum Gasteiger partial charge on any atom is -0.481 e. The summed E-state index contributed by atoms with van der Waals surface area (Å²) < 4.78 is 66.9. The van der Waals surface area contributed by atoms with Gasteiger partial charge >= 0.3 is 5.97 Å². The normalized spacial score (nSPS) is 19.0. The van der Waals surface area contributed by atoms with Crippen molar-refractivity contribution in [2.24, 2.45) is 0 Å². The third-order valence-corrected chi connectivity index (χ3v) is 7.63. The third-order valence-electron chi connectivity index (χ3n) is 5.93. The number of hydrogen-bond acceptors (Lipinski definition) is 5. The van der Waals surface area contributed by atoms with Gasteiger partial charge in [-0.25, -0.2) is 0 Å². The molecule has 1 unspecified atom stereocenters. The number of unbranched alkanes of at least 4 members (excludes halogenated alkanes) is 3. The van der Waals surface area contributed by atoms with Gasteiger partial charge in [-0.05, 0) is 38.7 Å². The van der Waals surface area contributed by atoms with Gasteiger partial charge in [-0.2, -0.15) is 21.4 Å². The number of carbonyl (C=O) groups is 1. The minimum atomic E-state index is -4.48. The molecule has 0 spiro atoms. The number of hydrogen-bond donors (Lipinski definition) is 3.